The quantitative estimate of drug-likeness (QED) is 0.779. The molecule has 0 radical (unpaired) electrons. The lowest BCUT2D eigenvalue weighted by Gasteiger charge is -2.19. The highest BCUT2D eigenvalue weighted by Gasteiger charge is 2.29. The first-order chi connectivity index (χ1) is 7.54. The lowest BCUT2D eigenvalue weighted by Crippen LogP contribution is -2.25. The summed E-state index contributed by atoms with van der Waals surface area (Å²) in [6, 6.07) is 5.01. The number of ether oxygens (including phenoxy) is 1. The molecule has 0 saturated carbocycles. The largest absolute Gasteiger partial charge is 0.497 e. The summed E-state index contributed by atoms with van der Waals surface area (Å²) in [5.41, 5.74) is 6.77. The van der Waals surface area contributed by atoms with E-state index in [4.69, 9.17) is 10.5 Å². The number of anilines is 2. The lowest BCUT2D eigenvalue weighted by molar-refractivity contribution is 0.415. The van der Waals surface area contributed by atoms with E-state index in [0.717, 1.165) is 0 Å². The maximum absolute atomic E-state index is 11.7. The number of hydrogen-bond acceptors (Lipinski definition) is 4. The third-order valence-corrected chi connectivity index (χ3v) is 4.46. The summed E-state index contributed by atoms with van der Waals surface area (Å²) in [4.78, 5) is 0. The van der Waals surface area contributed by atoms with Gasteiger partial charge in [-0.2, -0.15) is 0 Å². The molecule has 1 heterocycles. The Morgan fingerprint density at radius 3 is 2.69 bits per heavy atom. The molecule has 0 aromatic heterocycles. The van der Waals surface area contributed by atoms with Crippen LogP contribution in [0.2, 0.25) is 0 Å². The van der Waals surface area contributed by atoms with Crippen LogP contribution in [-0.2, 0) is 10.0 Å². The van der Waals surface area contributed by atoms with E-state index in [2.05, 4.69) is 0 Å². The van der Waals surface area contributed by atoms with Crippen LogP contribution >= 0.6 is 0 Å². The molecule has 1 aromatic rings. The molecule has 0 atom stereocenters. The van der Waals surface area contributed by atoms with E-state index in [-0.39, 0.29) is 5.75 Å². The molecule has 0 spiro atoms. The summed E-state index contributed by atoms with van der Waals surface area (Å²) in [5.74, 6) is 0.816. The van der Waals surface area contributed by atoms with E-state index in [9.17, 15) is 8.42 Å². The van der Waals surface area contributed by atoms with Crippen LogP contribution in [0, 0.1) is 0 Å². The zero-order chi connectivity index (χ0) is 11.8. The molecule has 5 nitrogen and oxygen atoms in total. The van der Waals surface area contributed by atoms with Crippen molar-refractivity contribution in [3.8, 4) is 5.75 Å². The first-order valence-electron chi connectivity index (χ1n) is 4.98. The minimum absolute atomic E-state index is 0.193. The van der Waals surface area contributed by atoms with Crippen LogP contribution in [0.25, 0.3) is 0 Å². The summed E-state index contributed by atoms with van der Waals surface area (Å²) in [5, 5.41) is 0. The Kier molecular flexibility index (Phi) is 2.67. The summed E-state index contributed by atoms with van der Waals surface area (Å²) in [7, 11) is -1.63. The van der Waals surface area contributed by atoms with Crippen LogP contribution in [-0.4, -0.2) is 27.8 Å². The molecule has 1 fully saturated rings. The van der Waals surface area contributed by atoms with Crippen LogP contribution in [0.15, 0.2) is 18.2 Å². The van der Waals surface area contributed by atoms with Crippen molar-refractivity contribution in [1.29, 1.82) is 0 Å². The van der Waals surface area contributed by atoms with E-state index >= 15 is 0 Å². The highest BCUT2D eigenvalue weighted by atomic mass is 32.2. The number of hydrogen-bond donors (Lipinski definition) is 1. The second-order valence-corrected chi connectivity index (χ2v) is 5.68. The Hall–Kier alpha value is -1.43. The summed E-state index contributed by atoms with van der Waals surface area (Å²) >= 11 is 0. The monoisotopic (exact) mass is 242 g/mol. The zero-order valence-electron chi connectivity index (χ0n) is 9.01. The summed E-state index contributed by atoms with van der Waals surface area (Å²) in [6.45, 7) is 0.499. The maximum atomic E-state index is 11.7. The van der Waals surface area contributed by atoms with Gasteiger partial charge in [0, 0.05) is 12.6 Å². The predicted molar refractivity (Wildman–Crippen MR) is 63.2 cm³/mol. The number of nitrogens with zero attached hydrogens (tertiary/aromatic N) is 1. The van der Waals surface area contributed by atoms with E-state index in [1.54, 1.807) is 25.3 Å². The van der Waals surface area contributed by atoms with Gasteiger partial charge in [0.1, 0.15) is 5.75 Å². The maximum Gasteiger partial charge on any atom is 0.235 e. The first kappa shape index (κ1) is 11.1. The topological polar surface area (TPSA) is 72.6 Å². The molecule has 0 bridgehead atoms. The van der Waals surface area contributed by atoms with Crippen molar-refractivity contribution in [2.75, 3.05) is 29.4 Å². The Balaban J connectivity index is 2.41. The molecule has 88 valence electrons. The normalized spacial score (nSPS) is 18.7. The minimum atomic E-state index is -3.17. The highest BCUT2D eigenvalue weighted by Crippen LogP contribution is 2.31. The van der Waals surface area contributed by atoms with Crippen molar-refractivity contribution in [1.82, 2.24) is 0 Å². The minimum Gasteiger partial charge on any atom is -0.497 e. The fourth-order valence-electron chi connectivity index (χ4n) is 1.80. The van der Waals surface area contributed by atoms with Gasteiger partial charge in [-0.1, -0.05) is 0 Å². The number of benzene rings is 1. The van der Waals surface area contributed by atoms with Crippen molar-refractivity contribution in [3.63, 3.8) is 0 Å². The second-order valence-electron chi connectivity index (χ2n) is 3.67. The van der Waals surface area contributed by atoms with Gasteiger partial charge in [-0.15, -0.1) is 0 Å². The van der Waals surface area contributed by atoms with E-state index < -0.39 is 10.0 Å². The van der Waals surface area contributed by atoms with Crippen LogP contribution in [0.1, 0.15) is 6.42 Å². The van der Waals surface area contributed by atoms with Crippen LogP contribution in [0.5, 0.6) is 5.75 Å². The van der Waals surface area contributed by atoms with Crippen molar-refractivity contribution in [2.45, 2.75) is 6.42 Å². The van der Waals surface area contributed by atoms with Gasteiger partial charge in [0.15, 0.2) is 0 Å². The van der Waals surface area contributed by atoms with Gasteiger partial charge in [-0.05, 0) is 18.6 Å². The van der Waals surface area contributed by atoms with E-state index in [1.165, 1.54) is 4.31 Å². The van der Waals surface area contributed by atoms with Crippen LogP contribution in [0.3, 0.4) is 0 Å². The predicted octanol–water partition coefficient (Wildman–Crippen LogP) is 0.817. The molecule has 1 aliphatic rings. The number of nitrogens with two attached hydrogens (primary N) is 1. The molecule has 1 aromatic carbocycles. The molecule has 2 rings (SSSR count). The Morgan fingerprint density at radius 1 is 1.44 bits per heavy atom. The Morgan fingerprint density at radius 2 is 2.19 bits per heavy atom. The summed E-state index contributed by atoms with van der Waals surface area (Å²) < 4.78 is 29.8. The highest BCUT2D eigenvalue weighted by molar-refractivity contribution is 7.93. The molecule has 16 heavy (non-hydrogen) atoms. The van der Waals surface area contributed by atoms with Gasteiger partial charge in [-0.3, -0.25) is 4.31 Å². The molecular formula is C10H14N2O3S. The average Bonchev–Trinajstić information content (AvgIpc) is 2.58. The third kappa shape index (κ3) is 1.80. The lowest BCUT2D eigenvalue weighted by atomic mass is 10.2. The number of sulfonamides is 1. The molecule has 0 amide bonds. The molecule has 6 heteroatoms. The molecule has 0 unspecified atom stereocenters. The van der Waals surface area contributed by atoms with Gasteiger partial charge >= 0.3 is 0 Å². The number of methoxy groups -OCH3 is 1. The smallest absolute Gasteiger partial charge is 0.235 e. The van der Waals surface area contributed by atoms with Crippen molar-refractivity contribution in [3.05, 3.63) is 18.2 Å². The SMILES string of the molecule is COc1ccc(N2CCCS2(=O)=O)c(N)c1. The molecule has 1 aliphatic heterocycles. The van der Waals surface area contributed by atoms with E-state index in [1.807, 2.05) is 0 Å². The number of nitrogen functional groups attached to an aromatic ring is 1. The average molecular weight is 242 g/mol. The number of rotatable bonds is 2. The summed E-state index contributed by atoms with van der Waals surface area (Å²) in [6.07, 6.45) is 0.647. The van der Waals surface area contributed by atoms with Gasteiger partial charge in [0.2, 0.25) is 10.0 Å². The van der Waals surface area contributed by atoms with Crippen LogP contribution < -0.4 is 14.8 Å². The molecule has 1 saturated heterocycles. The van der Waals surface area contributed by atoms with Crippen molar-refractivity contribution >= 4 is 21.4 Å². The molecular weight excluding hydrogens is 228 g/mol. The zero-order valence-corrected chi connectivity index (χ0v) is 9.83. The molecule has 2 N–H and O–H groups in total. The molecule has 0 aliphatic carbocycles. The van der Waals surface area contributed by atoms with Crippen molar-refractivity contribution < 1.29 is 13.2 Å². The Labute approximate surface area is 94.9 Å². The standard InChI is InChI=1S/C10H14N2O3S/c1-15-8-3-4-10(9(11)7-8)12-5-2-6-16(12,13)14/h3-4,7H,2,5-6,11H2,1H3. The van der Waals surface area contributed by atoms with E-state index in [0.29, 0.717) is 30.1 Å². The van der Waals surface area contributed by atoms with Gasteiger partial charge in [0.05, 0.1) is 24.2 Å². The third-order valence-electron chi connectivity index (χ3n) is 2.60. The second kappa shape index (κ2) is 3.86. The van der Waals surface area contributed by atoms with Gasteiger partial charge in [0.25, 0.3) is 0 Å². The first-order valence-corrected chi connectivity index (χ1v) is 6.59. The fraction of sp³-hybridized carbons (Fsp3) is 0.400. The van der Waals surface area contributed by atoms with Gasteiger partial charge in [-0.25, -0.2) is 8.42 Å². The van der Waals surface area contributed by atoms with Crippen LogP contribution in [0.4, 0.5) is 11.4 Å². The fourth-order valence-corrected chi connectivity index (χ4v) is 3.38. The van der Waals surface area contributed by atoms with Crippen molar-refractivity contribution in [2.24, 2.45) is 0 Å². The van der Waals surface area contributed by atoms with Gasteiger partial charge < -0.3 is 10.5 Å². The Bertz CT molecular complexity index is 499.